The number of fused-ring (bicyclic) bond motifs is 2. The third kappa shape index (κ3) is 6.47. The van der Waals surface area contributed by atoms with Crippen LogP contribution in [-0.4, -0.2) is 75.5 Å². The number of amides is 2. The molecule has 5 unspecified atom stereocenters. The summed E-state index contributed by atoms with van der Waals surface area (Å²) < 4.78 is 32.0. The van der Waals surface area contributed by atoms with Crippen LogP contribution >= 0.6 is 21.3 Å². The van der Waals surface area contributed by atoms with Crippen LogP contribution in [0.4, 0.5) is 22.1 Å². The minimum atomic E-state index is -1.14. The van der Waals surface area contributed by atoms with Crippen molar-refractivity contribution in [2.45, 2.75) is 75.4 Å². The summed E-state index contributed by atoms with van der Waals surface area (Å²) >= 11 is -1.00. The smallest absolute Gasteiger partial charge is 0.341 e. The summed E-state index contributed by atoms with van der Waals surface area (Å²) in [6.45, 7) is -0.00218. The molecule has 5 atom stereocenters. The van der Waals surface area contributed by atoms with Crippen LogP contribution < -0.4 is 18.5 Å². The highest BCUT2D eigenvalue weighted by Crippen LogP contribution is 2.49. The summed E-state index contributed by atoms with van der Waals surface area (Å²) in [6.07, 6.45) is 5.82. The van der Waals surface area contributed by atoms with Crippen molar-refractivity contribution in [1.82, 2.24) is 20.3 Å². The fourth-order valence-corrected chi connectivity index (χ4v) is 8.13. The number of urea groups is 1. The van der Waals surface area contributed by atoms with Crippen molar-refractivity contribution in [2.24, 2.45) is 3.15 Å². The molecule has 2 saturated heterocycles. The summed E-state index contributed by atoms with van der Waals surface area (Å²) in [5.74, 6) is -0.244. The van der Waals surface area contributed by atoms with Crippen LogP contribution in [0.3, 0.4) is 0 Å². The molecule has 2 aromatic heterocycles. The van der Waals surface area contributed by atoms with Gasteiger partial charge in [0.05, 0.1) is 0 Å². The van der Waals surface area contributed by atoms with Crippen molar-refractivity contribution in [3.05, 3.63) is 66.1 Å². The van der Waals surface area contributed by atoms with E-state index in [1.54, 1.807) is 6.07 Å². The van der Waals surface area contributed by atoms with Gasteiger partial charge in [-0.15, -0.1) is 0 Å². The zero-order valence-electron chi connectivity index (χ0n) is 24.1. The molecule has 0 radical (unpaired) electrons. The number of hydrogen-bond acceptors (Lipinski definition) is 11. The average Bonchev–Trinajstić information content (AvgIpc) is 3.85. The number of benzene rings is 1. The van der Waals surface area contributed by atoms with Gasteiger partial charge in [0.25, 0.3) is 0 Å². The lowest BCUT2D eigenvalue weighted by molar-refractivity contribution is -0.133. The van der Waals surface area contributed by atoms with Gasteiger partial charge in [-0.2, -0.15) is 3.15 Å². The van der Waals surface area contributed by atoms with E-state index in [-0.39, 0.29) is 30.1 Å². The molecular formula is C30H32IN7O7. The predicted octanol–water partition coefficient (Wildman–Crippen LogP) is 4.70. The minimum Gasteiger partial charge on any atom is -0.477 e. The third-order valence-corrected chi connectivity index (χ3v) is 10.3. The van der Waals surface area contributed by atoms with E-state index in [4.69, 9.17) is 22.1 Å². The molecule has 0 spiro atoms. The van der Waals surface area contributed by atoms with Crippen molar-refractivity contribution in [3.8, 4) is 5.88 Å². The Morgan fingerprint density at radius 3 is 2.67 bits per heavy atom. The van der Waals surface area contributed by atoms with E-state index >= 15 is 0 Å². The summed E-state index contributed by atoms with van der Waals surface area (Å²) in [4.78, 5) is 37.3. The highest BCUT2D eigenvalue weighted by atomic mass is 127. The SMILES string of the molecule is O=C(Nc1ncnc2c1N=IN2C1OC(COc2ncccc2C(=O)O)C2OC(CCc3ccccc3)OC21)NC1CCCC1. The first-order valence-electron chi connectivity index (χ1n) is 14.9. The molecule has 236 valence electrons. The predicted molar refractivity (Wildman–Crippen MR) is 169 cm³/mol. The number of aromatic nitrogens is 3. The van der Waals surface area contributed by atoms with E-state index in [0.717, 1.165) is 32.1 Å². The Bertz CT molecular complexity index is 1580. The van der Waals surface area contributed by atoms with E-state index in [1.807, 2.05) is 21.3 Å². The Morgan fingerprint density at radius 2 is 1.84 bits per heavy atom. The van der Waals surface area contributed by atoms with E-state index in [2.05, 4.69) is 37.7 Å². The number of carboxylic acid groups (broad SMARTS) is 1. The number of rotatable bonds is 10. The van der Waals surface area contributed by atoms with Gasteiger partial charge >= 0.3 is 12.0 Å². The molecular weight excluding hydrogens is 697 g/mol. The van der Waals surface area contributed by atoms with Gasteiger partial charge in [0.2, 0.25) is 5.88 Å². The van der Waals surface area contributed by atoms with Crippen LogP contribution in [0.5, 0.6) is 5.88 Å². The van der Waals surface area contributed by atoms with Gasteiger partial charge < -0.3 is 29.4 Å². The van der Waals surface area contributed by atoms with Crippen molar-refractivity contribution >= 4 is 50.6 Å². The Hall–Kier alpha value is -3.80. The van der Waals surface area contributed by atoms with Crippen LogP contribution in [0.25, 0.3) is 0 Å². The molecule has 1 aliphatic carbocycles. The molecule has 1 saturated carbocycles. The molecule has 0 bridgehead atoms. The summed E-state index contributed by atoms with van der Waals surface area (Å²) in [6, 6.07) is 13.0. The number of hydrogen-bond donors (Lipinski definition) is 3. The molecule has 14 nitrogen and oxygen atoms in total. The quantitative estimate of drug-likeness (QED) is 0.195. The largest absolute Gasteiger partial charge is 0.477 e. The number of anilines is 2. The van der Waals surface area contributed by atoms with Gasteiger partial charge in [0.1, 0.15) is 58.1 Å². The molecule has 3 aromatic rings. The number of halogens is 1. The maximum atomic E-state index is 12.7. The first kappa shape index (κ1) is 29.9. The number of nitrogens with zero attached hydrogens (tertiary/aromatic N) is 5. The highest BCUT2D eigenvalue weighted by molar-refractivity contribution is 14.2. The second-order valence-corrected chi connectivity index (χ2v) is 13.1. The van der Waals surface area contributed by atoms with Crippen LogP contribution in [0.1, 0.15) is 48.0 Å². The van der Waals surface area contributed by atoms with Gasteiger partial charge in [-0.3, -0.25) is 8.43 Å². The molecule has 5 heterocycles. The van der Waals surface area contributed by atoms with Crippen LogP contribution in [0.2, 0.25) is 0 Å². The zero-order valence-corrected chi connectivity index (χ0v) is 26.3. The average molecular weight is 730 g/mol. The second-order valence-electron chi connectivity index (χ2n) is 11.1. The van der Waals surface area contributed by atoms with Crippen molar-refractivity contribution in [1.29, 1.82) is 0 Å². The molecule has 15 heteroatoms. The van der Waals surface area contributed by atoms with E-state index in [9.17, 15) is 14.7 Å². The molecule has 45 heavy (non-hydrogen) atoms. The number of pyridine rings is 1. The first-order chi connectivity index (χ1) is 22.0. The van der Waals surface area contributed by atoms with Crippen LogP contribution in [0, 0.1) is 0 Å². The maximum Gasteiger partial charge on any atom is 0.341 e. The van der Waals surface area contributed by atoms with E-state index in [0.29, 0.717) is 23.7 Å². The topological polar surface area (TPSA) is 170 Å². The summed E-state index contributed by atoms with van der Waals surface area (Å²) in [5, 5.41) is 15.4. The Kier molecular flexibility index (Phi) is 8.82. The molecule has 1 aromatic carbocycles. The standard InChI is InChI=1S/C30H32IN7O7/c39-29(40)19-11-6-14-32-27(19)42-15-20-23-24(45-21(44-23)13-12-17-7-2-1-3-8-17)28(43-20)38-26-22(37-31-38)25(33-16-34-26)36-30(41)35-18-9-4-5-10-18/h1-3,6-8,11,14,16,18,20-21,23-24,28H,4-5,9-10,12-13,15H2,(H,39,40)(H2,33,34,35,36,41). The van der Waals surface area contributed by atoms with Crippen molar-refractivity contribution in [3.63, 3.8) is 0 Å². The lowest BCUT2D eigenvalue weighted by atomic mass is 10.1. The Labute approximate surface area is 269 Å². The van der Waals surface area contributed by atoms with Gasteiger partial charge in [-0.25, -0.2) is 24.5 Å². The van der Waals surface area contributed by atoms with E-state index in [1.165, 1.54) is 24.2 Å². The van der Waals surface area contributed by atoms with Gasteiger partial charge in [-0.05, 0) is 37.0 Å². The first-order valence-corrected chi connectivity index (χ1v) is 16.8. The molecule has 4 aliphatic rings. The number of ether oxygens (including phenoxy) is 4. The lowest BCUT2D eigenvalue weighted by Gasteiger charge is -2.26. The normalized spacial score (nSPS) is 25.4. The summed E-state index contributed by atoms with van der Waals surface area (Å²) in [5.41, 5.74) is 1.64. The number of nitrogens with one attached hydrogen (secondary N) is 2. The fourth-order valence-electron chi connectivity index (χ4n) is 5.98. The number of aryl methyl sites for hydroxylation is 1. The van der Waals surface area contributed by atoms with Crippen molar-refractivity contribution < 1.29 is 33.6 Å². The van der Waals surface area contributed by atoms with E-state index < -0.39 is 58.1 Å². The number of aromatic carboxylic acids is 1. The number of carbonyl (C=O) groups is 2. The minimum absolute atomic E-state index is 0.00132. The number of carboxylic acids is 1. The molecule has 7 rings (SSSR count). The second kappa shape index (κ2) is 13.3. The molecule has 3 N–H and O–H groups in total. The maximum absolute atomic E-state index is 12.7. The Balaban J connectivity index is 1.09. The van der Waals surface area contributed by atoms with Crippen LogP contribution in [0.15, 0.2) is 58.1 Å². The summed E-state index contributed by atoms with van der Waals surface area (Å²) in [7, 11) is 0. The molecule has 3 fully saturated rings. The van der Waals surface area contributed by atoms with Crippen LogP contribution in [-0.2, 0) is 20.6 Å². The van der Waals surface area contributed by atoms with Gasteiger partial charge in [-0.1, -0.05) is 43.2 Å². The zero-order chi connectivity index (χ0) is 30.8. The molecule has 2 amide bonds. The van der Waals surface area contributed by atoms with Gasteiger partial charge in [0.15, 0.2) is 29.8 Å². The lowest BCUT2D eigenvalue weighted by Crippen LogP contribution is -2.38. The van der Waals surface area contributed by atoms with Gasteiger partial charge in [0, 0.05) is 18.7 Å². The number of carbonyl (C=O) groups excluding carboxylic acids is 1. The Morgan fingerprint density at radius 1 is 1.02 bits per heavy atom. The third-order valence-electron chi connectivity index (χ3n) is 8.16. The molecule has 3 aliphatic heterocycles. The highest BCUT2D eigenvalue weighted by Gasteiger charge is 2.56. The fraction of sp³-hybridized carbons (Fsp3) is 0.433. The monoisotopic (exact) mass is 729 g/mol. The van der Waals surface area contributed by atoms with Crippen molar-refractivity contribution in [2.75, 3.05) is 15.0 Å².